The van der Waals surface area contributed by atoms with E-state index in [1.165, 1.54) is 12.3 Å². The van der Waals surface area contributed by atoms with E-state index in [1.54, 1.807) is 26.2 Å². The predicted molar refractivity (Wildman–Crippen MR) is 95.5 cm³/mol. The van der Waals surface area contributed by atoms with E-state index in [0.29, 0.717) is 17.2 Å². The molecular formula is C18H19N3O5. The third kappa shape index (κ3) is 3.58. The lowest BCUT2D eigenvalue weighted by Crippen LogP contribution is -2.15. The van der Waals surface area contributed by atoms with Crippen LogP contribution in [-0.4, -0.2) is 29.7 Å². The summed E-state index contributed by atoms with van der Waals surface area (Å²) >= 11 is 0. The number of amides is 1. The van der Waals surface area contributed by atoms with Crippen molar-refractivity contribution in [2.45, 2.75) is 25.7 Å². The number of nitrogens with zero attached hydrogens (tertiary/aromatic N) is 2. The molecule has 26 heavy (non-hydrogen) atoms. The van der Waals surface area contributed by atoms with E-state index in [2.05, 4.69) is 10.3 Å². The maximum atomic E-state index is 11.7. The topological polar surface area (TPSA) is 104 Å². The summed E-state index contributed by atoms with van der Waals surface area (Å²) in [4.78, 5) is 27.1. The van der Waals surface area contributed by atoms with E-state index in [4.69, 9.17) is 9.47 Å². The summed E-state index contributed by atoms with van der Waals surface area (Å²) in [5, 5.41) is 14.1. The average Bonchev–Trinajstić information content (AvgIpc) is 3.46. The van der Waals surface area contributed by atoms with Crippen LogP contribution in [0.15, 0.2) is 30.5 Å². The number of hydrogen-bond acceptors (Lipinski definition) is 6. The van der Waals surface area contributed by atoms with Gasteiger partial charge in [0.05, 0.1) is 18.6 Å². The first-order chi connectivity index (χ1) is 12.5. The minimum Gasteiger partial charge on any atom is -0.497 e. The smallest absolute Gasteiger partial charge is 0.411 e. The van der Waals surface area contributed by atoms with Crippen LogP contribution >= 0.6 is 0 Å². The van der Waals surface area contributed by atoms with Crippen LogP contribution in [0.3, 0.4) is 0 Å². The van der Waals surface area contributed by atoms with E-state index in [0.717, 1.165) is 18.4 Å². The van der Waals surface area contributed by atoms with Crippen LogP contribution < -0.4 is 10.1 Å². The Bertz CT molecular complexity index is 849. The summed E-state index contributed by atoms with van der Waals surface area (Å²) in [6.07, 6.45) is 2.73. The fraction of sp³-hybridized carbons (Fsp3) is 0.333. The van der Waals surface area contributed by atoms with Crippen molar-refractivity contribution in [1.29, 1.82) is 0 Å². The van der Waals surface area contributed by atoms with Gasteiger partial charge in [0.15, 0.2) is 5.69 Å². The van der Waals surface area contributed by atoms with Gasteiger partial charge in [-0.05, 0) is 55.5 Å². The minimum absolute atomic E-state index is 0.0519. The SMILES string of the molecule is CCOC(=O)Nc1ccnc(-c2ccc(OC)cc2C2CC2)c1[N+](=O)[O-]. The largest absolute Gasteiger partial charge is 0.497 e. The molecule has 1 fully saturated rings. The van der Waals surface area contributed by atoms with Crippen LogP contribution in [0.4, 0.5) is 16.2 Å². The monoisotopic (exact) mass is 357 g/mol. The number of nitrogens with one attached hydrogen (secondary N) is 1. The molecule has 3 rings (SSSR count). The molecule has 1 aliphatic carbocycles. The Labute approximate surface area is 150 Å². The predicted octanol–water partition coefficient (Wildman–Crippen LogP) is 4.11. The van der Waals surface area contributed by atoms with Crippen molar-refractivity contribution in [1.82, 2.24) is 4.98 Å². The lowest BCUT2D eigenvalue weighted by Gasteiger charge is -2.13. The summed E-state index contributed by atoms with van der Waals surface area (Å²) < 4.78 is 10.1. The van der Waals surface area contributed by atoms with Crippen LogP contribution in [0.5, 0.6) is 5.75 Å². The summed E-state index contributed by atoms with van der Waals surface area (Å²) in [7, 11) is 1.58. The van der Waals surface area contributed by atoms with Crippen molar-refractivity contribution in [2.24, 2.45) is 0 Å². The van der Waals surface area contributed by atoms with Crippen LogP contribution in [0.2, 0.25) is 0 Å². The Balaban J connectivity index is 2.10. The zero-order chi connectivity index (χ0) is 18.7. The van der Waals surface area contributed by atoms with Gasteiger partial charge in [0, 0.05) is 11.8 Å². The first-order valence-corrected chi connectivity index (χ1v) is 8.30. The third-order valence-corrected chi connectivity index (χ3v) is 4.15. The number of carbonyl (C=O) groups is 1. The molecule has 2 aromatic rings. The van der Waals surface area contributed by atoms with Gasteiger partial charge in [0.2, 0.25) is 0 Å². The first kappa shape index (κ1) is 17.7. The van der Waals surface area contributed by atoms with E-state index in [9.17, 15) is 14.9 Å². The molecular weight excluding hydrogens is 338 g/mol. The average molecular weight is 357 g/mol. The molecule has 0 saturated heterocycles. The van der Waals surface area contributed by atoms with E-state index >= 15 is 0 Å². The molecule has 1 N–H and O–H groups in total. The van der Waals surface area contributed by atoms with Gasteiger partial charge in [-0.25, -0.2) is 9.78 Å². The molecule has 0 bridgehead atoms. The van der Waals surface area contributed by atoms with Crippen LogP contribution in [0.25, 0.3) is 11.3 Å². The quantitative estimate of drug-likeness (QED) is 0.616. The van der Waals surface area contributed by atoms with Crippen LogP contribution in [0, 0.1) is 10.1 Å². The molecule has 0 radical (unpaired) electrons. The van der Waals surface area contributed by atoms with Gasteiger partial charge in [-0.3, -0.25) is 15.4 Å². The van der Waals surface area contributed by atoms with Crippen LogP contribution in [0.1, 0.15) is 31.2 Å². The van der Waals surface area contributed by atoms with E-state index in [1.807, 2.05) is 6.07 Å². The highest BCUT2D eigenvalue weighted by Gasteiger charge is 2.31. The molecule has 8 nitrogen and oxygen atoms in total. The normalized spacial score (nSPS) is 13.2. The van der Waals surface area contributed by atoms with Gasteiger partial charge in [0.25, 0.3) is 0 Å². The molecule has 136 valence electrons. The molecule has 0 unspecified atom stereocenters. The first-order valence-electron chi connectivity index (χ1n) is 8.30. The van der Waals surface area contributed by atoms with Gasteiger partial charge < -0.3 is 9.47 Å². The number of carbonyl (C=O) groups excluding carboxylic acids is 1. The highest BCUT2D eigenvalue weighted by molar-refractivity contribution is 5.91. The van der Waals surface area contributed by atoms with Crippen molar-refractivity contribution >= 4 is 17.5 Å². The second-order valence-electron chi connectivity index (χ2n) is 5.89. The molecule has 1 heterocycles. The number of benzene rings is 1. The Morgan fingerprint density at radius 2 is 2.15 bits per heavy atom. The van der Waals surface area contributed by atoms with E-state index < -0.39 is 11.0 Å². The number of ether oxygens (including phenoxy) is 2. The number of hydrogen-bond donors (Lipinski definition) is 1. The molecule has 1 saturated carbocycles. The second-order valence-corrected chi connectivity index (χ2v) is 5.89. The maximum Gasteiger partial charge on any atom is 0.411 e. The van der Waals surface area contributed by atoms with Crippen molar-refractivity contribution in [2.75, 3.05) is 19.0 Å². The van der Waals surface area contributed by atoms with Crippen molar-refractivity contribution in [3.63, 3.8) is 0 Å². The summed E-state index contributed by atoms with van der Waals surface area (Å²) in [6, 6.07) is 6.80. The molecule has 1 aromatic carbocycles. The summed E-state index contributed by atoms with van der Waals surface area (Å²) in [5.74, 6) is 1.03. The summed E-state index contributed by atoms with van der Waals surface area (Å²) in [6.45, 7) is 1.83. The number of aromatic nitrogens is 1. The fourth-order valence-electron chi connectivity index (χ4n) is 2.83. The highest BCUT2D eigenvalue weighted by atomic mass is 16.6. The Kier molecular flexibility index (Phi) is 5.01. The van der Waals surface area contributed by atoms with Crippen molar-refractivity contribution < 1.29 is 19.2 Å². The second kappa shape index (κ2) is 7.38. The highest BCUT2D eigenvalue weighted by Crippen LogP contribution is 2.47. The van der Waals surface area contributed by atoms with Gasteiger partial charge in [-0.15, -0.1) is 0 Å². The Morgan fingerprint density at radius 3 is 2.77 bits per heavy atom. The molecule has 0 atom stereocenters. The van der Waals surface area contributed by atoms with Crippen molar-refractivity contribution in [3.8, 4) is 17.0 Å². The minimum atomic E-state index is -0.745. The lowest BCUT2D eigenvalue weighted by atomic mass is 9.98. The number of anilines is 1. The summed E-state index contributed by atoms with van der Waals surface area (Å²) in [5.41, 5.74) is 1.65. The standard InChI is InChI=1S/C18H19N3O5/c1-3-26-18(22)20-15-8-9-19-16(17(15)21(23)24)13-7-6-12(25-2)10-14(13)11-4-5-11/h6-11H,3-5H2,1-2H3,(H,19,20,22). The number of nitro groups is 1. The molecule has 1 amide bonds. The zero-order valence-corrected chi connectivity index (χ0v) is 14.5. The molecule has 1 aromatic heterocycles. The zero-order valence-electron chi connectivity index (χ0n) is 14.5. The molecule has 0 aliphatic heterocycles. The maximum absolute atomic E-state index is 11.7. The van der Waals surface area contributed by atoms with Gasteiger partial charge in [-0.1, -0.05) is 0 Å². The Morgan fingerprint density at radius 1 is 1.38 bits per heavy atom. The number of rotatable bonds is 6. The molecule has 0 spiro atoms. The molecule has 8 heteroatoms. The van der Waals surface area contributed by atoms with E-state index in [-0.39, 0.29) is 23.7 Å². The van der Waals surface area contributed by atoms with Crippen LogP contribution in [-0.2, 0) is 4.74 Å². The third-order valence-electron chi connectivity index (χ3n) is 4.15. The van der Waals surface area contributed by atoms with Crippen molar-refractivity contribution in [3.05, 3.63) is 46.1 Å². The van der Waals surface area contributed by atoms with Gasteiger partial charge in [0.1, 0.15) is 11.4 Å². The number of methoxy groups -OCH3 is 1. The number of pyridine rings is 1. The van der Waals surface area contributed by atoms with Gasteiger partial charge in [-0.2, -0.15) is 0 Å². The Hall–Kier alpha value is -3.16. The lowest BCUT2D eigenvalue weighted by molar-refractivity contribution is -0.383. The molecule has 1 aliphatic rings. The van der Waals surface area contributed by atoms with Gasteiger partial charge >= 0.3 is 11.8 Å². The fourth-order valence-corrected chi connectivity index (χ4v) is 2.83.